The maximum Gasteiger partial charge on any atom is 0.124 e. The molecule has 3 rings (SSSR count). The van der Waals surface area contributed by atoms with Crippen molar-refractivity contribution in [3.63, 3.8) is 0 Å². The molecule has 3 aromatic carbocycles. The van der Waals surface area contributed by atoms with Gasteiger partial charge in [-0.05, 0) is 56.2 Å². The summed E-state index contributed by atoms with van der Waals surface area (Å²) in [5.41, 5.74) is 7.24. The second-order valence-corrected chi connectivity index (χ2v) is 7.61. The third-order valence-electron chi connectivity index (χ3n) is 4.39. The van der Waals surface area contributed by atoms with Gasteiger partial charge in [0.1, 0.15) is 12.4 Å². The highest BCUT2D eigenvalue weighted by Gasteiger charge is 2.07. The van der Waals surface area contributed by atoms with Crippen molar-refractivity contribution in [2.45, 2.75) is 33.9 Å². The molecule has 0 heterocycles. The summed E-state index contributed by atoms with van der Waals surface area (Å²) in [6.07, 6.45) is 0. The lowest BCUT2D eigenvalue weighted by atomic mass is 10.1. The molecule has 0 bridgehead atoms. The van der Waals surface area contributed by atoms with Crippen LogP contribution in [0.2, 0.25) is 0 Å². The van der Waals surface area contributed by atoms with Crippen LogP contribution < -0.4 is 10.1 Å². The maximum absolute atomic E-state index is 6.10. The highest BCUT2D eigenvalue weighted by Crippen LogP contribution is 2.26. The van der Waals surface area contributed by atoms with Crippen LogP contribution in [0, 0.1) is 20.8 Å². The first-order valence-corrected chi connectivity index (χ1v) is 9.58. The molecule has 26 heavy (non-hydrogen) atoms. The Morgan fingerprint density at radius 3 is 2.31 bits per heavy atom. The summed E-state index contributed by atoms with van der Waals surface area (Å²) in [6, 6.07) is 21.1. The lowest BCUT2D eigenvalue weighted by molar-refractivity contribution is 0.303. The van der Waals surface area contributed by atoms with Crippen LogP contribution in [0.15, 0.2) is 65.1 Å². The maximum atomic E-state index is 6.10. The van der Waals surface area contributed by atoms with E-state index in [4.69, 9.17) is 4.74 Å². The molecule has 1 N–H and O–H groups in total. The SMILES string of the molecule is Cc1ccc(COc2ccc(Br)cc2CNc2ccc(C)cc2C)cc1. The normalized spacial score (nSPS) is 10.6. The molecule has 2 nitrogen and oxygen atoms in total. The van der Waals surface area contributed by atoms with Gasteiger partial charge < -0.3 is 10.1 Å². The summed E-state index contributed by atoms with van der Waals surface area (Å²) in [7, 11) is 0. The molecule has 3 aromatic rings. The van der Waals surface area contributed by atoms with Gasteiger partial charge in [0.25, 0.3) is 0 Å². The summed E-state index contributed by atoms with van der Waals surface area (Å²) in [5.74, 6) is 0.908. The van der Waals surface area contributed by atoms with Crippen LogP contribution in [0.5, 0.6) is 5.75 Å². The zero-order chi connectivity index (χ0) is 18.5. The third kappa shape index (κ3) is 4.89. The van der Waals surface area contributed by atoms with Crippen molar-refractivity contribution in [2.24, 2.45) is 0 Å². The molecule has 0 aliphatic heterocycles. The minimum absolute atomic E-state index is 0.568. The van der Waals surface area contributed by atoms with Crippen molar-refractivity contribution in [2.75, 3.05) is 5.32 Å². The fourth-order valence-corrected chi connectivity index (χ4v) is 3.28. The molecule has 0 saturated heterocycles. The first-order chi connectivity index (χ1) is 12.5. The van der Waals surface area contributed by atoms with Gasteiger partial charge in [-0.15, -0.1) is 0 Å². The summed E-state index contributed by atoms with van der Waals surface area (Å²) >= 11 is 3.57. The third-order valence-corrected chi connectivity index (χ3v) is 4.88. The fraction of sp³-hybridized carbons (Fsp3) is 0.217. The van der Waals surface area contributed by atoms with Crippen LogP contribution in [0.25, 0.3) is 0 Å². The molecule has 3 heteroatoms. The molecule has 0 fully saturated rings. The van der Waals surface area contributed by atoms with E-state index in [0.717, 1.165) is 21.5 Å². The zero-order valence-corrected chi connectivity index (χ0v) is 17.1. The standard InChI is InChI=1S/C23H24BrNO/c1-16-4-7-19(8-5-16)15-26-23-11-9-21(24)13-20(23)14-25-22-10-6-17(2)12-18(22)3/h4-13,25H,14-15H2,1-3H3. The van der Waals surface area contributed by atoms with Crippen LogP contribution in [0.1, 0.15) is 27.8 Å². The van der Waals surface area contributed by atoms with Crippen molar-refractivity contribution >= 4 is 21.6 Å². The zero-order valence-electron chi connectivity index (χ0n) is 15.5. The van der Waals surface area contributed by atoms with Gasteiger partial charge in [-0.3, -0.25) is 0 Å². The van der Waals surface area contributed by atoms with E-state index in [1.165, 1.54) is 22.3 Å². The van der Waals surface area contributed by atoms with E-state index < -0.39 is 0 Å². The smallest absolute Gasteiger partial charge is 0.124 e. The summed E-state index contributed by atoms with van der Waals surface area (Å²) in [4.78, 5) is 0. The lowest BCUT2D eigenvalue weighted by Gasteiger charge is -2.15. The van der Waals surface area contributed by atoms with Gasteiger partial charge in [0.2, 0.25) is 0 Å². The Morgan fingerprint density at radius 2 is 1.58 bits per heavy atom. The van der Waals surface area contributed by atoms with Gasteiger partial charge in [0.15, 0.2) is 0 Å². The highest BCUT2D eigenvalue weighted by molar-refractivity contribution is 9.10. The topological polar surface area (TPSA) is 21.3 Å². The molecule has 0 unspecified atom stereocenters. The van der Waals surface area contributed by atoms with E-state index in [-0.39, 0.29) is 0 Å². The number of hydrogen-bond donors (Lipinski definition) is 1. The first kappa shape index (κ1) is 18.5. The Kier molecular flexibility index (Phi) is 6.00. The lowest BCUT2D eigenvalue weighted by Crippen LogP contribution is -2.05. The number of halogens is 1. The first-order valence-electron chi connectivity index (χ1n) is 8.79. The van der Waals surface area contributed by atoms with Crippen LogP contribution in [-0.2, 0) is 13.2 Å². The van der Waals surface area contributed by atoms with Crippen molar-refractivity contribution in [1.82, 2.24) is 0 Å². The van der Waals surface area contributed by atoms with E-state index in [2.05, 4.69) is 90.5 Å². The number of anilines is 1. The monoisotopic (exact) mass is 409 g/mol. The molecule has 0 aromatic heterocycles. The number of ether oxygens (including phenoxy) is 1. The number of rotatable bonds is 6. The predicted octanol–water partition coefficient (Wildman–Crippen LogP) is 6.57. The number of hydrogen-bond acceptors (Lipinski definition) is 2. The van der Waals surface area contributed by atoms with Crippen LogP contribution >= 0.6 is 15.9 Å². The number of benzene rings is 3. The van der Waals surface area contributed by atoms with E-state index in [0.29, 0.717) is 13.2 Å². The largest absolute Gasteiger partial charge is 0.489 e. The molecule has 0 saturated carbocycles. The van der Waals surface area contributed by atoms with E-state index in [1.807, 2.05) is 12.1 Å². The number of nitrogens with one attached hydrogen (secondary N) is 1. The molecule has 0 amide bonds. The minimum atomic E-state index is 0.568. The minimum Gasteiger partial charge on any atom is -0.489 e. The molecule has 0 aliphatic rings. The fourth-order valence-electron chi connectivity index (χ4n) is 2.87. The highest BCUT2D eigenvalue weighted by atomic mass is 79.9. The summed E-state index contributed by atoms with van der Waals surface area (Å²) < 4.78 is 7.15. The average Bonchev–Trinajstić information content (AvgIpc) is 2.61. The van der Waals surface area contributed by atoms with Gasteiger partial charge in [0, 0.05) is 22.3 Å². The van der Waals surface area contributed by atoms with E-state index in [1.54, 1.807) is 0 Å². The van der Waals surface area contributed by atoms with E-state index >= 15 is 0 Å². The number of aryl methyl sites for hydroxylation is 3. The molecule has 0 atom stereocenters. The quantitative estimate of drug-likeness (QED) is 0.497. The molecule has 0 radical (unpaired) electrons. The Hall–Kier alpha value is -2.26. The van der Waals surface area contributed by atoms with Crippen LogP contribution in [-0.4, -0.2) is 0 Å². The van der Waals surface area contributed by atoms with Crippen molar-refractivity contribution < 1.29 is 4.74 Å². The van der Waals surface area contributed by atoms with Crippen molar-refractivity contribution in [3.05, 3.63) is 93.0 Å². The van der Waals surface area contributed by atoms with Crippen LogP contribution in [0.3, 0.4) is 0 Å². The van der Waals surface area contributed by atoms with Gasteiger partial charge in [-0.25, -0.2) is 0 Å². The second kappa shape index (κ2) is 8.41. The van der Waals surface area contributed by atoms with Gasteiger partial charge in [-0.2, -0.15) is 0 Å². The molecule has 0 spiro atoms. The Bertz CT molecular complexity index is 887. The Labute approximate surface area is 164 Å². The molecular formula is C23H24BrNO. The Balaban J connectivity index is 1.71. The van der Waals surface area contributed by atoms with Gasteiger partial charge >= 0.3 is 0 Å². The summed E-state index contributed by atoms with van der Waals surface area (Å²) in [5, 5.41) is 3.53. The molecule has 134 valence electrons. The summed E-state index contributed by atoms with van der Waals surface area (Å²) in [6.45, 7) is 7.62. The molecular weight excluding hydrogens is 386 g/mol. The van der Waals surface area contributed by atoms with Gasteiger partial charge in [0.05, 0.1) is 0 Å². The molecule has 0 aliphatic carbocycles. The van der Waals surface area contributed by atoms with E-state index in [9.17, 15) is 0 Å². The van der Waals surface area contributed by atoms with Crippen molar-refractivity contribution in [3.8, 4) is 5.75 Å². The van der Waals surface area contributed by atoms with Crippen molar-refractivity contribution in [1.29, 1.82) is 0 Å². The predicted molar refractivity (Wildman–Crippen MR) is 113 cm³/mol. The Morgan fingerprint density at radius 1 is 0.846 bits per heavy atom. The average molecular weight is 410 g/mol. The van der Waals surface area contributed by atoms with Crippen LogP contribution in [0.4, 0.5) is 5.69 Å². The second-order valence-electron chi connectivity index (χ2n) is 6.70. The van der Waals surface area contributed by atoms with Gasteiger partial charge in [-0.1, -0.05) is 63.5 Å².